The van der Waals surface area contributed by atoms with Gasteiger partial charge in [-0.1, -0.05) is 42.5 Å². The molecule has 1 amide bonds. The van der Waals surface area contributed by atoms with Crippen LogP contribution in [-0.4, -0.2) is 18.5 Å². The van der Waals surface area contributed by atoms with E-state index in [9.17, 15) is 9.59 Å². The fourth-order valence-electron chi connectivity index (χ4n) is 2.74. The lowest BCUT2D eigenvalue weighted by atomic mass is 10.00. The molecule has 3 aromatic rings. The van der Waals surface area contributed by atoms with E-state index < -0.39 is 5.97 Å². The molecule has 5 heteroatoms. The van der Waals surface area contributed by atoms with E-state index in [-0.39, 0.29) is 24.3 Å². The Kier molecular flexibility index (Phi) is 4.84. The molecule has 5 nitrogen and oxygen atoms in total. The van der Waals surface area contributed by atoms with Gasteiger partial charge >= 0.3 is 5.97 Å². The van der Waals surface area contributed by atoms with Gasteiger partial charge in [0.05, 0.1) is 6.04 Å². The molecule has 1 unspecified atom stereocenters. The number of carbonyl (C=O) groups excluding carboxylic acids is 2. The highest BCUT2D eigenvalue weighted by molar-refractivity contribution is 5.89. The molecular weight excluding hydrogens is 318 g/mol. The van der Waals surface area contributed by atoms with Gasteiger partial charge in [0.1, 0.15) is 5.76 Å². The standard InChI is InChI=1S/C20H19NO4/c1-13-10-11-18(25-13)20(23)24-12-19(22)21-14(2)16-9-5-7-15-6-3-4-8-17(15)16/h3-11,14H,12H2,1-2H3,(H,21,22). The number of hydrogen-bond donors (Lipinski definition) is 1. The molecule has 1 N–H and O–H groups in total. The Bertz CT molecular complexity index is 907. The molecule has 0 aliphatic heterocycles. The first-order valence-corrected chi connectivity index (χ1v) is 8.05. The molecule has 0 bridgehead atoms. The SMILES string of the molecule is Cc1ccc(C(=O)OCC(=O)NC(C)c2cccc3ccccc23)o1. The van der Waals surface area contributed by atoms with E-state index in [0.717, 1.165) is 16.3 Å². The second-order valence-corrected chi connectivity index (χ2v) is 5.84. The number of esters is 1. The third kappa shape index (κ3) is 3.88. The van der Waals surface area contributed by atoms with E-state index >= 15 is 0 Å². The summed E-state index contributed by atoms with van der Waals surface area (Å²) in [5.74, 6) is -0.313. The Morgan fingerprint density at radius 2 is 1.84 bits per heavy atom. The third-order valence-corrected chi connectivity index (χ3v) is 3.94. The van der Waals surface area contributed by atoms with Crippen LogP contribution in [0.25, 0.3) is 10.8 Å². The summed E-state index contributed by atoms with van der Waals surface area (Å²) in [5.41, 5.74) is 1.01. The van der Waals surface area contributed by atoms with Crippen molar-refractivity contribution in [3.63, 3.8) is 0 Å². The van der Waals surface area contributed by atoms with Crippen LogP contribution in [0.2, 0.25) is 0 Å². The lowest BCUT2D eigenvalue weighted by Crippen LogP contribution is -2.31. The molecule has 0 radical (unpaired) electrons. The van der Waals surface area contributed by atoms with Crippen LogP contribution in [0.1, 0.15) is 34.8 Å². The van der Waals surface area contributed by atoms with Crippen molar-refractivity contribution < 1.29 is 18.7 Å². The maximum atomic E-state index is 12.1. The van der Waals surface area contributed by atoms with Crippen LogP contribution in [0, 0.1) is 6.92 Å². The van der Waals surface area contributed by atoms with Crippen LogP contribution in [0.5, 0.6) is 0 Å². The molecular formula is C20H19NO4. The van der Waals surface area contributed by atoms with Gasteiger partial charge in [0, 0.05) is 0 Å². The highest BCUT2D eigenvalue weighted by Gasteiger charge is 2.16. The number of furan rings is 1. The second-order valence-electron chi connectivity index (χ2n) is 5.84. The minimum Gasteiger partial charge on any atom is -0.454 e. The smallest absolute Gasteiger partial charge is 0.374 e. The fourth-order valence-corrected chi connectivity index (χ4v) is 2.74. The summed E-state index contributed by atoms with van der Waals surface area (Å²) >= 11 is 0. The van der Waals surface area contributed by atoms with Crippen LogP contribution in [-0.2, 0) is 9.53 Å². The van der Waals surface area contributed by atoms with E-state index in [1.165, 1.54) is 6.07 Å². The monoisotopic (exact) mass is 337 g/mol. The summed E-state index contributed by atoms with van der Waals surface area (Å²) in [5, 5.41) is 5.05. The number of nitrogens with one attached hydrogen (secondary N) is 1. The number of aryl methyl sites for hydroxylation is 1. The van der Waals surface area contributed by atoms with Crippen molar-refractivity contribution in [3.05, 3.63) is 71.7 Å². The van der Waals surface area contributed by atoms with Gasteiger partial charge in [0.25, 0.3) is 5.91 Å². The Labute approximate surface area is 145 Å². The maximum absolute atomic E-state index is 12.1. The summed E-state index contributed by atoms with van der Waals surface area (Å²) in [6.07, 6.45) is 0. The molecule has 25 heavy (non-hydrogen) atoms. The Morgan fingerprint density at radius 1 is 1.08 bits per heavy atom. The van der Waals surface area contributed by atoms with E-state index in [2.05, 4.69) is 5.32 Å². The number of rotatable bonds is 5. The second kappa shape index (κ2) is 7.21. The lowest BCUT2D eigenvalue weighted by Gasteiger charge is -2.16. The zero-order valence-electron chi connectivity index (χ0n) is 14.1. The zero-order chi connectivity index (χ0) is 17.8. The van der Waals surface area contributed by atoms with Crippen LogP contribution in [0.3, 0.4) is 0 Å². The highest BCUT2D eigenvalue weighted by atomic mass is 16.5. The van der Waals surface area contributed by atoms with E-state index in [1.807, 2.05) is 49.4 Å². The van der Waals surface area contributed by atoms with Crippen molar-refractivity contribution in [2.24, 2.45) is 0 Å². The molecule has 1 heterocycles. The Balaban J connectivity index is 1.61. The number of carbonyl (C=O) groups is 2. The Hall–Kier alpha value is -3.08. The predicted octanol–water partition coefficient (Wildman–Crippen LogP) is 3.78. The summed E-state index contributed by atoms with van der Waals surface area (Å²) in [6.45, 7) is 3.28. The van der Waals surface area contributed by atoms with Crippen molar-refractivity contribution in [3.8, 4) is 0 Å². The van der Waals surface area contributed by atoms with E-state index in [1.54, 1.807) is 13.0 Å². The van der Waals surface area contributed by atoms with Crippen molar-refractivity contribution in [2.45, 2.75) is 19.9 Å². The van der Waals surface area contributed by atoms with Gasteiger partial charge in [-0.05, 0) is 42.3 Å². The topological polar surface area (TPSA) is 68.5 Å². The summed E-state index contributed by atoms with van der Waals surface area (Å²) in [4.78, 5) is 23.9. The van der Waals surface area contributed by atoms with Crippen LogP contribution in [0.15, 0.2) is 59.0 Å². The fraction of sp³-hybridized carbons (Fsp3) is 0.200. The van der Waals surface area contributed by atoms with Gasteiger partial charge in [-0.2, -0.15) is 0 Å². The average molecular weight is 337 g/mol. The van der Waals surface area contributed by atoms with Gasteiger partial charge in [0.15, 0.2) is 6.61 Å². The number of benzene rings is 2. The van der Waals surface area contributed by atoms with Crippen molar-refractivity contribution in [2.75, 3.05) is 6.61 Å². The summed E-state index contributed by atoms with van der Waals surface area (Å²) in [7, 11) is 0. The van der Waals surface area contributed by atoms with E-state index in [4.69, 9.17) is 9.15 Å². The number of hydrogen-bond acceptors (Lipinski definition) is 4. The highest BCUT2D eigenvalue weighted by Crippen LogP contribution is 2.23. The van der Waals surface area contributed by atoms with Crippen LogP contribution in [0.4, 0.5) is 0 Å². The largest absolute Gasteiger partial charge is 0.454 e. The predicted molar refractivity (Wildman–Crippen MR) is 94.2 cm³/mol. The summed E-state index contributed by atoms with van der Waals surface area (Å²) in [6, 6.07) is 16.9. The first kappa shape index (κ1) is 16.8. The van der Waals surface area contributed by atoms with Gasteiger partial charge in [-0.15, -0.1) is 0 Å². The molecule has 3 rings (SSSR count). The molecule has 2 aromatic carbocycles. The van der Waals surface area contributed by atoms with Gasteiger partial charge in [-0.3, -0.25) is 4.79 Å². The molecule has 1 atom stereocenters. The van der Waals surface area contributed by atoms with Crippen molar-refractivity contribution >= 4 is 22.6 Å². The van der Waals surface area contributed by atoms with Crippen molar-refractivity contribution in [1.82, 2.24) is 5.32 Å². The van der Waals surface area contributed by atoms with Crippen LogP contribution < -0.4 is 5.32 Å². The number of fused-ring (bicyclic) bond motifs is 1. The quantitative estimate of drug-likeness (QED) is 0.720. The molecule has 0 aliphatic rings. The van der Waals surface area contributed by atoms with Crippen molar-refractivity contribution in [1.29, 1.82) is 0 Å². The van der Waals surface area contributed by atoms with Gasteiger partial charge < -0.3 is 14.5 Å². The molecule has 0 saturated heterocycles. The van der Waals surface area contributed by atoms with Crippen LogP contribution >= 0.6 is 0 Å². The molecule has 0 fully saturated rings. The number of ether oxygens (including phenoxy) is 1. The maximum Gasteiger partial charge on any atom is 0.374 e. The first-order chi connectivity index (χ1) is 12.0. The normalized spacial score (nSPS) is 11.9. The molecule has 0 spiro atoms. The lowest BCUT2D eigenvalue weighted by molar-refractivity contribution is -0.124. The third-order valence-electron chi connectivity index (χ3n) is 3.94. The molecule has 128 valence electrons. The number of amides is 1. The van der Waals surface area contributed by atoms with Gasteiger partial charge in [0.2, 0.25) is 5.76 Å². The molecule has 1 aromatic heterocycles. The minimum absolute atomic E-state index is 0.0902. The molecule has 0 saturated carbocycles. The first-order valence-electron chi connectivity index (χ1n) is 8.05. The Morgan fingerprint density at radius 3 is 2.60 bits per heavy atom. The average Bonchev–Trinajstić information content (AvgIpc) is 3.05. The van der Waals surface area contributed by atoms with Gasteiger partial charge in [-0.25, -0.2) is 4.79 Å². The zero-order valence-corrected chi connectivity index (χ0v) is 14.1. The molecule has 0 aliphatic carbocycles. The summed E-state index contributed by atoms with van der Waals surface area (Å²) < 4.78 is 10.2. The van der Waals surface area contributed by atoms with E-state index in [0.29, 0.717) is 5.76 Å². The minimum atomic E-state index is -0.652.